The van der Waals surface area contributed by atoms with Crippen molar-refractivity contribution in [2.75, 3.05) is 45.9 Å². The highest BCUT2D eigenvalue weighted by molar-refractivity contribution is 5.79. The molecule has 0 bridgehead atoms. The van der Waals surface area contributed by atoms with Crippen molar-refractivity contribution in [3.8, 4) is 0 Å². The van der Waals surface area contributed by atoms with Gasteiger partial charge in [0.2, 0.25) is 0 Å². The lowest BCUT2D eigenvalue weighted by Crippen LogP contribution is -2.45. The highest BCUT2D eigenvalue weighted by Gasteiger charge is 2.12. The minimum absolute atomic E-state index is 0.366. The topological polar surface area (TPSA) is 99.8 Å². The maximum atomic E-state index is 10.6. The fraction of sp³-hybridized carbons (Fsp3) is 0.571. The van der Waals surface area contributed by atoms with E-state index < -0.39 is 6.10 Å². The number of aliphatic hydroxyl groups is 1. The Kier molecular flexibility index (Phi) is 8.18. The summed E-state index contributed by atoms with van der Waals surface area (Å²) in [5, 5.41) is 25.4. The molecule has 3 rings (SSSR count). The second kappa shape index (κ2) is 11.1. The largest absolute Gasteiger partial charge is 0.387 e. The van der Waals surface area contributed by atoms with Gasteiger partial charge in [-0.25, -0.2) is 4.99 Å². The lowest BCUT2D eigenvalue weighted by molar-refractivity contribution is 0.0389. The number of aromatic nitrogens is 3. The molecule has 1 aromatic carbocycles. The van der Waals surface area contributed by atoms with Crippen LogP contribution in [0.5, 0.6) is 0 Å². The molecule has 1 saturated heterocycles. The zero-order valence-electron chi connectivity index (χ0n) is 18.1. The highest BCUT2D eigenvalue weighted by atomic mass is 16.5. The number of aryl methyl sites for hydroxylation is 2. The van der Waals surface area contributed by atoms with E-state index in [1.165, 1.54) is 0 Å². The van der Waals surface area contributed by atoms with E-state index in [-0.39, 0.29) is 0 Å². The van der Waals surface area contributed by atoms with Crippen LogP contribution < -0.4 is 10.6 Å². The van der Waals surface area contributed by atoms with E-state index in [1.54, 1.807) is 0 Å². The third-order valence-corrected chi connectivity index (χ3v) is 5.28. The maximum absolute atomic E-state index is 10.6. The fourth-order valence-electron chi connectivity index (χ4n) is 3.26. The number of guanidine groups is 1. The van der Waals surface area contributed by atoms with Gasteiger partial charge in [-0.15, -0.1) is 10.2 Å². The first-order chi connectivity index (χ1) is 14.5. The number of nitrogens with zero attached hydrogens (tertiary/aromatic N) is 5. The maximum Gasteiger partial charge on any atom is 0.191 e. The van der Waals surface area contributed by atoms with Crippen LogP contribution in [0.25, 0.3) is 0 Å². The van der Waals surface area contributed by atoms with Crippen LogP contribution in [0.4, 0.5) is 0 Å². The first kappa shape index (κ1) is 22.2. The Morgan fingerprint density at radius 2 is 2.03 bits per heavy atom. The van der Waals surface area contributed by atoms with Crippen molar-refractivity contribution in [1.29, 1.82) is 0 Å². The van der Waals surface area contributed by atoms with Crippen LogP contribution in [-0.4, -0.2) is 76.7 Å². The molecule has 1 aliphatic rings. The summed E-state index contributed by atoms with van der Waals surface area (Å²) in [5.41, 5.74) is 2.01. The molecule has 30 heavy (non-hydrogen) atoms. The van der Waals surface area contributed by atoms with Gasteiger partial charge in [0.15, 0.2) is 11.8 Å². The van der Waals surface area contributed by atoms with Gasteiger partial charge in [-0.1, -0.05) is 29.8 Å². The van der Waals surface area contributed by atoms with E-state index in [0.717, 1.165) is 62.2 Å². The Bertz CT molecular complexity index is 831. The summed E-state index contributed by atoms with van der Waals surface area (Å²) in [4.78, 5) is 7.01. The van der Waals surface area contributed by atoms with Crippen LogP contribution in [0, 0.1) is 13.8 Å². The van der Waals surface area contributed by atoms with Crippen molar-refractivity contribution >= 4 is 5.96 Å². The van der Waals surface area contributed by atoms with Gasteiger partial charge < -0.3 is 25.0 Å². The van der Waals surface area contributed by atoms with Gasteiger partial charge in [-0.3, -0.25) is 4.90 Å². The number of hydrogen-bond acceptors (Lipinski definition) is 6. The zero-order valence-corrected chi connectivity index (χ0v) is 18.1. The van der Waals surface area contributed by atoms with Crippen molar-refractivity contribution in [3.63, 3.8) is 0 Å². The molecule has 9 heteroatoms. The van der Waals surface area contributed by atoms with Crippen molar-refractivity contribution < 1.29 is 9.84 Å². The smallest absolute Gasteiger partial charge is 0.191 e. The van der Waals surface area contributed by atoms with E-state index >= 15 is 0 Å². The molecule has 0 amide bonds. The average Bonchev–Trinajstić information content (AvgIpc) is 3.08. The summed E-state index contributed by atoms with van der Waals surface area (Å²) in [6.45, 7) is 9.84. The SMILES string of the molecule is Cc1cccc(C(O)CNC(=NCc2nnc(C)n2C)NCCN2CCOCC2)c1. The second-order valence-corrected chi connectivity index (χ2v) is 7.58. The summed E-state index contributed by atoms with van der Waals surface area (Å²) in [5.74, 6) is 2.29. The molecule has 0 radical (unpaired) electrons. The van der Waals surface area contributed by atoms with Crippen LogP contribution >= 0.6 is 0 Å². The molecule has 0 spiro atoms. The Labute approximate surface area is 178 Å². The van der Waals surface area contributed by atoms with Gasteiger partial charge in [0, 0.05) is 39.8 Å². The van der Waals surface area contributed by atoms with E-state index in [1.807, 2.05) is 49.7 Å². The zero-order chi connectivity index (χ0) is 21.3. The average molecular weight is 416 g/mol. The number of nitrogens with one attached hydrogen (secondary N) is 2. The minimum Gasteiger partial charge on any atom is -0.387 e. The number of hydrogen-bond donors (Lipinski definition) is 3. The summed E-state index contributed by atoms with van der Waals surface area (Å²) < 4.78 is 7.33. The van der Waals surface area contributed by atoms with Crippen LogP contribution in [0.2, 0.25) is 0 Å². The molecular formula is C21H33N7O2. The number of aliphatic hydroxyl groups excluding tert-OH is 1. The highest BCUT2D eigenvalue weighted by Crippen LogP contribution is 2.13. The quantitative estimate of drug-likeness (QED) is 0.427. The first-order valence-corrected chi connectivity index (χ1v) is 10.4. The molecule has 2 heterocycles. The summed E-state index contributed by atoms with van der Waals surface area (Å²) in [7, 11) is 1.93. The second-order valence-electron chi connectivity index (χ2n) is 7.58. The standard InChI is InChI=1S/C21H33N7O2/c1-16-5-4-6-18(13-16)19(29)14-23-21(22-7-8-28-9-11-30-12-10-28)24-15-20-26-25-17(2)27(20)3/h4-6,13,19,29H,7-12,14-15H2,1-3H3,(H2,22,23,24). The van der Waals surface area contributed by atoms with Crippen LogP contribution in [0.3, 0.4) is 0 Å². The lowest BCUT2D eigenvalue weighted by atomic mass is 10.1. The van der Waals surface area contributed by atoms with Crippen molar-refractivity contribution in [2.24, 2.45) is 12.0 Å². The van der Waals surface area contributed by atoms with E-state index in [9.17, 15) is 5.11 Å². The lowest BCUT2D eigenvalue weighted by Gasteiger charge is -2.27. The number of rotatable bonds is 8. The predicted molar refractivity (Wildman–Crippen MR) is 116 cm³/mol. The van der Waals surface area contributed by atoms with E-state index in [4.69, 9.17) is 4.74 Å². The van der Waals surface area contributed by atoms with Crippen molar-refractivity contribution in [1.82, 2.24) is 30.3 Å². The summed E-state index contributed by atoms with van der Waals surface area (Å²) >= 11 is 0. The normalized spacial score (nSPS) is 16.5. The molecule has 1 atom stereocenters. The number of ether oxygens (including phenoxy) is 1. The summed E-state index contributed by atoms with van der Waals surface area (Å²) in [6.07, 6.45) is -0.617. The number of aliphatic imine (C=N–C) groups is 1. The molecule has 1 unspecified atom stereocenters. The van der Waals surface area contributed by atoms with Gasteiger partial charge in [0.1, 0.15) is 12.4 Å². The molecule has 9 nitrogen and oxygen atoms in total. The Morgan fingerprint density at radius 3 is 2.73 bits per heavy atom. The van der Waals surface area contributed by atoms with Gasteiger partial charge >= 0.3 is 0 Å². The van der Waals surface area contributed by atoms with Crippen molar-refractivity contribution in [3.05, 3.63) is 47.0 Å². The van der Waals surface area contributed by atoms with E-state index in [0.29, 0.717) is 19.0 Å². The molecule has 0 saturated carbocycles. The predicted octanol–water partition coefficient (Wildman–Crippen LogP) is 0.533. The van der Waals surface area contributed by atoms with Gasteiger partial charge in [-0.2, -0.15) is 0 Å². The molecule has 3 N–H and O–H groups in total. The molecule has 1 aromatic heterocycles. The van der Waals surface area contributed by atoms with Crippen LogP contribution in [-0.2, 0) is 18.3 Å². The van der Waals surface area contributed by atoms with Crippen molar-refractivity contribution in [2.45, 2.75) is 26.5 Å². The molecule has 2 aromatic rings. The fourth-order valence-corrected chi connectivity index (χ4v) is 3.26. The van der Waals surface area contributed by atoms with Gasteiger partial charge in [0.25, 0.3) is 0 Å². The van der Waals surface area contributed by atoms with Crippen LogP contribution in [0.1, 0.15) is 28.9 Å². The Hall–Kier alpha value is -2.49. The van der Waals surface area contributed by atoms with Gasteiger partial charge in [-0.05, 0) is 19.4 Å². The molecule has 1 aliphatic heterocycles. The molecular weight excluding hydrogens is 382 g/mol. The third kappa shape index (κ3) is 6.51. The number of morpholine rings is 1. The Morgan fingerprint density at radius 1 is 1.23 bits per heavy atom. The molecule has 1 fully saturated rings. The number of benzene rings is 1. The van der Waals surface area contributed by atoms with E-state index in [2.05, 4.69) is 30.7 Å². The third-order valence-electron chi connectivity index (χ3n) is 5.28. The summed E-state index contributed by atoms with van der Waals surface area (Å²) in [6, 6.07) is 7.91. The van der Waals surface area contributed by atoms with Crippen LogP contribution in [0.15, 0.2) is 29.3 Å². The monoisotopic (exact) mass is 415 g/mol. The molecule has 164 valence electrons. The first-order valence-electron chi connectivity index (χ1n) is 10.4. The Balaban J connectivity index is 1.58. The minimum atomic E-state index is -0.617. The molecule has 0 aliphatic carbocycles. The van der Waals surface area contributed by atoms with Gasteiger partial charge in [0.05, 0.1) is 19.3 Å².